The molecule has 1 heterocycles. The van der Waals surface area contributed by atoms with Crippen LogP contribution in [0.5, 0.6) is 0 Å². The van der Waals surface area contributed by atoms with E-state index in [9.17, 15) is 0 Å². The van der Waals surface area contributed by atoms with Gasteiger partial charge in [-0.3, -0.25) is 0 Å². The van der Waals surface area contributed by atoms with Crippen LogP contribution in [-0.2, 0) is 7.05 Å². The van der Waals surface area contributed by atoms with Crippen molar-refractivity contribution in [3.05, 3.63) is 84.9 Å². The Morgan fingerprint density at radius 3 is 1.91 bits per heavy atom. The van der Waals surface area contributed by atoms with Crippen molar-refractivity contribution in [3.8, 4) is 22.4 Å². The summed E-state index contributed by atoms with van der Waals surface area (Å²) in [6, 6.07) is 29.3. The van der Waals surface area contributed by atoms with Crippen molar-refractivity contribution in [2.24, 2.45) is 7.05 Å². The maximum absolute atomic E-state index is 4.75. The van der Waals surface area contributed by atoms with E-state index in [2.05, 4.69) is 72.8 Å². The lowest BCUT2D eigenvalue weighted by atomic mass is 9.95. The van der Waals surface area contributed by atoms with Gasteiger partial charge in [0, 0.05) is 16.0 Å². The van der Waals surface area contributed by atoms with Crippen LogP contribution in [0.2, 0.25) is 0 Å². The molecule has 0 radical (unpaired) electrons. The molecule has 2 nitrogen and oxygen atoms in total. The average Bonchev–Trinajstić information content (AvgIpc) is 2.62. The molecule has 4 rings (SSSR count). The second-order valence-corrected chi connectivity index (χ2v) is 5.60. The molecule has 0 aliphatic rings. The minimum absolute atomic E-state index is 1.01. The van der Waals surface area contributed by atoms with Gasteiger partial charge in [0.15, 0.2) is 7.05 Å². The van der Waals surface area contributed by atoms with E-state index in [4.69, 9.17) is 5.10 Å². The smallest absolute Gasteiger partial charge is 0.0852 e. The molecule has 0 N–H and O–H groups in total. The van der Waals surface area contributed by atoms with Crippen LogP contribution in [0.1, 0.15) is 0 Å². The molecule has 0 unspecified atom stereocenters. The molecule has 0 amide bonds. The molecule has 0 aliphatic carbocycles. The van der Waals surface area contributed by atoms with Crippen LogP contribution >= 0.6 is 0 Å². The second kappa shape index (κ2) is 5.65. The van der Waals surface area contributed by atoms with Gasteiger partial charge >= 0.3 is 0 Å². The zero-order chi connectivity index (χ0) is 15.6. The van der Waals surface area contributed by atoms with Crippen LogP contribution in [-0.4, -0.2) is 5.10 Å². The summed E-state index contributed by atoms with van der Waals surface area (Å²) in [6.45, 7) is 0. The molecule has 0 aliphatic heterocycles. The van der Waals surface area contributed by atoms with Crippen molar-refractivity contribution in [1.82, 2.24) is 5.10 Å². The lowest BCUT2D eigenvalue weighted by molar-refractivity contribution is -0.717. The molecule has 0 fully saturated rings. The van der Waals surface area contributed by atoms with E-state index in [1.165, 1.54) is 22.1 Å². The van der Waals surface area contributed by atoms with E-state index in [-0.39, 0.29) is 0 Å². The fourth-order valence-corrected chi connectivity index (χ4v) is 3.10. The van der Waals surface area contributed by atoms with E-state index in [1.54, 1.807) is 0 Å². The molecule has 3 aromatic carbocycles. The third-order valence-corrected chi connectivity index (χ3v) is 4.10. The van der Waals surface area contributed by atoms with Crippen molar-refractivity contribution in [2.45, 2.75) is 0 Å². The predicted octanol–water partition coefficient (Wildman–Crippen LogP) is 4.39. The molecule has 1 aromatic heterocycles. The third-order valence-electron chi connectivity index (χ3n) is 4.10. The highest BCUT2D eigenvalue weighted by atomic mass is 15.2. The van der Waals surface area contributed by atoms with Gasteiger partial charge in [-0.05, 0) is 23.8 Å². The van der Waals surface area contributed by atoms with Gasteiger partial charge in [-0.15, -0.1) is 0 Å². The first-order valence-electron chi connectivity index (χ1n) is 7.74. The molecule has 0 saturated carbocycles. The zero-order valence-electron chi connectivity index (χ0n) is 13.0. The number of aryl methyl sites for hydroxylation is 1. The number of rotatable bonds is 2. The van der Waals surface area contributed by atoms with Crippen LogP contribution in [0.3, 0.4) is 0 Å². The van der Waals surface area contributed by atoms with Crippen LogP contribution in [0.4, 0.5) is 0 Å². The monoisotopic (exact) mass is 297 g/mol. The first-order valence-corrected chi connectivity index (χ1v) is 7.74. The fourth-order valence-electron chi connectivity index (χ4n) is 3.10. The van der Waals surface area contributed by atoms with Gasteiger partial charge in [-0.25, -0.2) is 0 Å². The summed E-state index contributed by atoms with van der Waals surface area (Å²) < 4.78 is 1.99. The lowest BCUT2D eigenvalue weighted by Crippen LogP contribution is -2.36. The Hall–Kier alpha value is -3.00. The number of fused-ring (bicyclic) bond motifs is 1. The number of benzene rings is 3. The molecule has 23 heavy (non-hydrogen) atoms. The molecule has 0 saturated heterocycles. The highest BCUT2D eigenvalue weighted by Gasteiger charge is 2.22. The molecular weight excluding hydrogens is 280 g/mol. The van der Waals surface area contributed by atoms with Crippen molar-refractivity contribution < 1.29 is 4.68 Å². The first kappa shape index (κ1) is 13.6. The van der Waals surface area contributed by atoms with E-state index >= 15 is 0 Å². The van der Waals surface area contributed by atoms with Crippen LogP contribution in [0, 0.1) is 0 Å². The summed E-state index contributed by atoms with van der Waals surface area (Å²) in [5.74, 6) is 0. The van der Waals surface area contributed by atoms with Crippen LogP contribution in [0.15, 0.2) is 84.9 Å². The minimum Gasteiger partial charge on any atom is -0.0852 e. The highest BCUT2D eigenvalue weighted by Crippen LogP contribution is 2.34. The average molecular weight is 297 g/mol. The Morgan fingerprint density at radius 1 is 0.652 bits per heavy atom. The Kier molecular flexibility index (Phi) is 3.35. The molecular formula is C21H17N2+. The Morgan fingerprint density at radius 2 is 1.22 bits per heavy atom. The lowest BCUT2D eigenvalue weighted by Gasteiger charge is -2.10. The van der Waals surface area contributed by atoms with Crippen molar-refractivity contribution in [2.75, 3.05) is 0 Å². The summed E-state index contributed by atoms with van der Waals surface area (Å²) in [7, 11) is 2.02. The van der Waals surface area contributed by atoms with Gasteiger partial charge in [-0.1, -0.05) is 71.4 Å². The van der Waals surface area contributed by atoms with Gasteiger partial charge in [0.05, 0.1) is 5.56 Å². The zero-order valence-corrected chi connectivity index (χ0v) is 13.0. The second-order valence-electron chi connectivity index (χ2n) is 5.60. The third kappa shape index (κ3) is 2.38. The van der Waals surface area contributed by atoms with Crippen molar-refractivity contribution >= 4 is 10.9 Å². The van der Waals surface area contributed by atoms with Crippen LogP contribution < -0.4 is 4.68 Å². The summed E-state index contributed by atoms with van der Waals surface area (Å²) in [6.07, 6.45) is 0. The largest absolute Gasteiger partial charge is 0.247 e. The first-order chi connectivity index (χ1) is 11.3. The van der Waals surface area contributed by atoms with E-state index in [0.29, 0.717) is 0 Å². The van der Waals surface area contributed by atoms with Gasteiger partial charge in [0.2, 0.25) is 5.69 Å². The molecule has 110 valence electrons. The van der Waals surface area contributed by atoms with E-state index in [0.717, 1.165) is 11.2 Å². The SMILES string of the molecule is C[n+]1nc2ccccc2c(-c2ccccc2)c1-c1ccccc1. The molecule has 2 heteroatoms. The van der Waals surface area contributed by atoms with Gasteiger partial charge in [0.1, 0.15) is 5.52 Å². The topological polar surface area (TPSA) is 16.8 Å². The summed E-state index contributed by atoms with van der Waals surface area (Å²) in [4.78, 5) is 0. The highest BCUT2D eigenvalue weighted by molar-refractivity contribution is 5.99. The number of hydrogen-bond acceptors (Lipinski definition) is 1. The van der Waals surface area contributed by atoms with Gasteiger partial charge in [0.25, 0.3) is 0 Å². The summed E-state index contributed by atoms with van der Waals surface area (Å²) in [5, 5.41) is 5.93. The fraction of sp³-hybridized carbons (Fsp3) is 0.0476. The standard InChI is InChI=1S/C21H17N2/c1-23-21(17-12-6-3-7-13-17)20(16-10-4-2-5-11-16)18-14-8-9-15-19(18)22-23/h2-15H,1H3/q+1. The van der Waals surface area contributed by atoms with E-state index < -0.39 is 0 Å². The van der Waals surface area contributed by atoms with E-state index in [1.807, 2.05) is 23.9 Å². The van der Waals surface area contributed by atoms with Crippen molar-refractivity contribution in [1.29, 1.82) is 0 Å². The van der Waals surface area contributed by atoms with Gasteiger partial charge < -0.3 is 0 Å². The van der Waals surface area contributed by atoms with Gasteiger partial charge in [-0.2, -0.15) is 0 Å². The number of nitrogens with zero attached hydrogens (tertiary/aromatic N) is 2. The quantitative estimate of drug-likeness (QED) is 0.501. The van der Waals surface area contributed by atoms with Crippen LogP contribution in [0.25, 0.3) is 33.3 Å². The molecule has 0 bridgehead atoms. The maximum atomic E-state index is 4.75. The molecule has 0 atom stereocenters. The summed E-state index contributed by atoms with van der Waals surface area (Å²) in [5.41, 5.74) is 5.75. The normalized spacial score (nSPS) is 10.8. The Bertz CT molecular complexity index is 961. The summed E-state index contributed by atoms with van der Waals surface area (Å²) >= 11 is 0. The maximum Gasteiger partial charge on any atom is 0.247 e. The predicted molar refractivity (Wildman–Crippen MR) is 93.8 cm³/mol. The van der Waals surface area contributed by atoms with Crippen molar-refractivity contribution in [3.63, 3.8) is 0 Å². The Balaban J connectivity index is 2.15. The molecule has 4 aromatic rings. The molecule has 0 spiro atoms. The minimum atomic E-state index is 1.01. The Labute approximate surface area is 135 Å². The number of hydrogen-bond donors (Lipinski definition) is 0. The number of aromatic nitrogens is 2.